The summed E-state index contributed by atoms with van der Waals surface area (Å²) in [7, 11) is 0. The number of anilines is 2. The average molecular weight is 462 g/mol. The second-order valence-corrected chi connectivity index (χ2v) is 9.78. The zero-order valence-electron chi connectivity index (χ0n) is 18.6. The van der Waals surface area contributed by atoms with Crippen molar-refractivity contribution in [1.29, 1.82) is 0 Å². The molecule has 7 N–H and O–H groups in total. The van der Waals surface area contributed by atoms with E-state index in [1.807, 2.05) is 0 Å². The maximum atomic E-state index is 13.4. The molecule has 180 valence electrons. The summed E-state index contributed by atoms with van der Waals surface area (Å²) in [6, 6.07) is -0.698. The van der Waals surface area contributed by atoms with Gasteiger partial charge in [-0.2, -0.15) is 9.97 Å². The molecule has 0 spiro atoms. The number of carboxylic acid groups (broad SMARTS) is 1. The molecular weight excluding hydrogens is 430 g/mol. The first-order valence-electron chi connectivity index (χ1n) is 11.2. The Hall–Kier alpha value is -2.99. The first-order chi connectivity index (χ1) is 15.5. The number of amides is 1. The number of nitrogen functional groups attached to an aromatic ring is 2. The van der Waals surface area contributed by atoms with Crippen LogP contribution < -0.4 is 11.5 Å². The van der Waals surface area contributed by atoms with Crippen molar-refractivity contribution in [3.63, 3.8) is 0 Å². The van der Waals surface area contributed by atoms with Gasteiger partial charge in [0.1, 0.15) is 5.52 Å². The van der Waals surface area contributed by atoms with Crippen LogP contribution in [0.4, 0.5) is 11.8 Å². The van der Waals surface area contributed by atoms with Crippen LogP contribution in [0, 0.1) is 5.41 Å². The molecule has 12 heteroatoms. The van der Waals surface area contributed by atoms with Gasteiger partial charge in [0.15, 0.2) is 11.5 Å². The Kier molecular flexibility index (Phi) is 5.91. The normalized spacial score (nSPS) is 27.5. The predicted octanol–water partition coefficient (Wildman–Crippen LogP) is 0.301. The van der Waals surface area contributed by atoms with Crippen LogP contribution in [-0.2, 0) is 9.59 Å². The molecule has 2 aromatic heterocycles. The van der Waals surface area contributed by atoms with Crippen LogP contribution in [0.25, 0.3) is 11.2 Å². The molecule has 1 saturated heterocycles. The van der Waals surface area contributed by atoms with Gasteiger partial charge < -0.3 is 36.3 Å². The molecule has 3 heterocycles. The van der Waals surface area contributed by atoms with E-state index in [9.17, 15) is 24.9 Å². The van der Waals surface area contributed by atoms with Crippen molar-refractivity contribution < 1.29 is 24.9 Å². The quantitative estimate of drug-likeness (QED) is 0.413. The summed E-state index contributed by atoms with van der Waals surface area (Å²) < 4.78 is 1.62. The van der Waals surface area contributed by atoms with Crippen molar-refractivity contribution in [3.8, 4) is 0 Å². The van der Waals surface area contributed by atoms with Gasteiger partial charge in [-0.3, -0.25) is 9.59 Å². The number of hydrogen-bond donors (Lipinski definition) is 5. The lowest BCUT2D eigenvalue weighted by Gasteiger charge is -2.35. The number of β-amino-alcohol motifs (C(OH)–C–C–N with tert-alkyl or cyclic N) is 1. The minimum absolute atomic E-state index is 0.0252. The van der Waals surface area contributed by atoms with Crippen molar-refractivity contribution in [2.45, 2.75) is 69.6 Å². The van der Waals surface area contributed by atoms with E-state index in [2.05, 4.69) is 15.0 Å². The molecule has 0 unspecified atom stereocenters. The van der Waals surface area contributed by atoms with E-state index < -0.39 is 29.1 Å². The SMILES string of the molecule is C[C@]1(O)C[C@@H](O)CN(C(=O)CC2(CC(=O)O)CCCC2)C[C@@H]1n1cnc2c(N)nc(N)nc21. The van der Waals surface area contributed by atoms with Crippen LogP contribution in [-0.4, -0.2) is 76.4 Å². The molecule has 0 radical (unpaired) electrons. The number of likely N-dealkylation sites (tertiary alicyclic amines) is 1. The number of carbonyl (C=O) groups excluding carboxylic acids is 1. The lowest BCUT2D eigenvalue weighted by molar-refractivity contribution is -0.142. The fourth-order valence-electron chi connectivity index (χ4n) is 5.48. The summed E-state index contributed by atoms with van der Waals surface area (Å²) in [5.74, 6) is -1.09. The molecule has 33 heavy (non-hydrogen) atoms. The largest absolute Gasteiger partial charge is 0.481 e. The number of hydrogen-bond acceptors (Lipinski definition) is 9. The van der Waals surface area contributed by atoms with Gasteiger partial charge in [0.05, 0.1) is 30.5 Å². The van der Waals surface area contributed by atoms with E-state index in [0.29, 0.717) is 24.0 Å². The number of imidazole rings is 1. The van der Waals surface area contributed by atoms with Crippen molar-refractivity contribution in [3.05, 3.63) is 6.33 Å². The summed E-state index contributed by atoms with van der Waals surface area (Å²) in [6.45, 7) is 1.72. The molecule has 1 aliphatic heterocycles. The van der Waals surface area contributed by atoms with E-state index in [1.54, 1.807) is 11.5 Å². The third-order valence-electron chi connectivity index (χ3n) is 7.06. The molecular formula is C21H31N7O5. The first-order valence-corrected chi connectivity index (χ1v) is 11.2. The van der Waals surface area contributed by atoms with Crippen molar-refractivity contribution in [2.75, 3.05) is 24.6 Å². The van der Waals surface area contributed by atoms with Gasteiger partial charge in [-0.15, -0.1) is 0 Å². The molecule has 3 atom stereocenters. The highest BCUT2D eigenvalue weighted by Crippen LogP contribution is 2.45. The van der Waals surface area contributed by atoms with Gasteiger partial charge >= 0.3 is 5.97 Å². The molecule has 4 rings (SSSR count). The summed E-state index contributed by atoms with van der Waals surface area (Å²) >= 11 is 0. The Bertz CT molecular complexity index is 1060. The molecule has 2 fully saturated rings. The van der Waals surface area contributed by atoms with Crippen LogP contribution in [0.3, 0.4) is 0 Å². The Morgan fingerprint density at radius 3 is 2.55 bits per heavy atom. The molecule has 2 aliphatic rings. The molecule has 1 amide bonds. The van der Waals surface area contributed by atoms with Crippen molar-refractivity contribution in [2.24, 2.45) is 5.41 Å². The number of aliphatic hydroxyl groups is 2. The summed E-state index contributed by atoms with van der Waals surface area (Å²) in [6.07, 6.45) is 3.73. The monoisotopic (exact) mass is 461 g/mol. The highest BCUT2D eigenvalue weighted by molar-refractivity contribution is 5.83. The van der Waals surface area contributed by atoms with Gasteiger partial charge in [-0.05, 0) is 25.2 Å². The molecule has 0 aromatic carbocycles. The molecule has 0 bridgehead atoms. The van der Waals surface area contributed by atoms with Crippen molar-refractivity contribution >= 4 is 34.8 Å². The van der Waals surface area contributed by atoms with Gasteiger partial charge in [0.25, 0.3) is 0 Å². The number of fused-ring (bicyclic) bond motifs is 1. The Labute approximate surface area is 190 Å². The van der Waals surface area contributed by atoms with Crippen LogP contribution >= 0.6 is 0 Å². The third kappa shape index (κ3) is 4.58. The predicted molar refractivity (Wildman–Crippen MR) is 119 cm³/mol. The van der Waals surface area contributed by atoms with Gasteiger partial charge in [-0.1, -0.05) is 12.8 Å². The van der Waals surface area contributed by atoms with Crippen LogP contribution in [0.1, 0.15) is 57.9 Å². The topological polar surface area (TPSA) is 194 Å². The number of aliphatic hydroxyl groups excluding tert-OH is 1. The lowest BCUT2D eigenvalue weighted by Crippen LogP contribution is -2.43. The fraction of sp³-hybridized carbons (Fsp3) is 0.667. The second kappa shape index (κ2) is 8.41. The fourth-order valence-corrected chi connectivity index (χ4v) is 5.48. The maximum absolute atomic E-state index is 13.4. The number of nitrogens with zero attached hydrogens (tertiary/aromatic N) is 5. The number of carbonyl (C=O) groups is 2. The van der Waals surface area contributed by atoms with Crippen LogP contribution in [0.15, 0.2) is 6.33 Å². The number of nitrogens with two attached hydrogens (primary N) is 2. The molecule has 1 aliphatic carbocycles. The number of rotatable bonds is 5. The second-order valence-electron chi connectivity index (χ2n) is 9.78. The van der Waals surface area contributed by atoms with Gasteiger partial charge in [-0.25, -0.2) is 4.98 Å². The lowest BCUT2D eigenvalue weighted by atomic mass is 9.79. The third-order valence-corrected chi connectivity index (χ3v) is 7.06. The van der Waals surface area contributed by atoms with Crippen LogP contribution in [0.2, 0.25) is 0 Å². The van der Waals surface area contributed by atoms with E-state index in [-0.39, 0.29) is 50.0 Å². The number of aromatic nitrogens is 4. The van der Waals surface area contributed by atoms with E-state index >= 15 is 0 Å². The van der Waals surface area contributed by atoms with E-state index in [1.165, 1.54) is 11.2 Å². The average Bonchev–Trinajstić information content (AvgIpc) is 3.28. The smallest absolute Gasteiger partial charge is 0.303 e. The Morgan fingerprint density at radius 1 is 1.18 bits per heavy atom. The highest BCUT2D eigenvalue weighted by Gasteiger charge is 2.44. The minimum atomic E-state index is -1.40. The maximum Gasteiger partial charge on any atom is 0.303 e. The zero-order chi connectivity index (χ0) is 24.0. The summed E-state index contributed by atoms with van der Waals surface area (Å²) in [5.41, 5.74) is 10.4. The number of carboxylic acids is 1. The number of aliphatic carboxylic acids is 1. The highest BCUT2D eigenvalue weighted by atomic mass is 16.4. The molecule has 12 nitrogen and oxygen atoms in total. The molecule has 1 saturated carbocycles. The summed E-state index contributed by atoms with van der Waals surface area (Å²) in [5, 5.41) is 31.3. The summed E-state index contributed by atoms with van der Waals surface area (Å²) in [4.78, 5) is 38.8. The van der Waals surface area contributed by atoms with Crippen molar-refractivity contribution in [1.82, 2.24) is 24.4 Å². The minimum Gasteiger partial charge on any atom is -0.481 e. The Balaban J connectivity index is 1.66. The zero-order valence-corrected chi connectivity index (χ0v) is 18.6. The van der Waals surface area contributed by atoms with E-state index in [0.717, 1.165) is 12.8 Å². The standard InChI is InChI=1S/C21H31N7O5/c1-20(33)6-12(29)9-27(14(30)7-21(8-15(31)32)4-2-3-5-21)10-13(20)28-11-24-16-17(22)25-19(23)26-18(16)28/h11-13,29,33H,2-10H2,1H3,(H,31,32)(H4,22,23,25,26)/t12-,13+,20+/m1/s1. The first kappa shape index (κ1) is 23.2. The van der Waals surface area contributed by atoms with E-state index in [4.69, 9.17) is 11.5 Å². The van der Waals surface area contributed by atoms with Gasteiger partial charge in [0, 0.05) is 25.9 Å². The Morgan fingerprint density at radius 2 is 1.88 bits per heavy atom. The molecule has 2 aromatic rings. The van der Waals surface area contributed by atoms with Gasteiger partial charge in [0.2, 0.25) is 11.9 Å². The van der Waals surface area contributed by atoms with Crippen LogP contribution in [0.5, 0.6) is 0 Å².